The quantitative estimate of drug-likeness (QED) is 0.731. The van der Waals surface area contributed by atoms with Gasteiger partial charge in [-0.3, -0.25) is 0 Å². The lowest BCUT2D eigenvalue weighted by Crippen LogP contribution is -2.24. The van der Waals surface area contributed by atoms with Crippen molar-refractivity contribution in [3.8, 4) is 0 Å². The molecule has 0 aliphatic rings. The molecule has 0 bridgehead atoms. The number of hydrogen-bond donors (Lipinski definition) is 1. The minimum absolute atomic E-state index is 0.293. The SMILES string of the molecule is CCNC(c1cc(Br)c(Cl)s1)C(C)c1ccccc1. The number of likely N-dealkylation sites (N-methyl/N-ethyl adjacent to an activating group) is 1. The van der Waals surface area contributed by atoms with Crippen LogP contribution in [-0.4, -0.2) is 6.54 Å². The van der Waals surface area contributed by atoms with E-state index in [1.54, 1.807) is 11.3 Å². The topological polar surface area (TPSA) is 12.0 Å². The first-order valence-corrected chi connectivity index (χ1v) is 8.35. The van der Waals surface area contributed by atoms with E-state index in [1.807, 2.05) is 0 Å². The molecule has 0 fully saturated rings. The van der Waals surface area contributed by atoms with E-state index in [-0.39, 0.29) is 0 Å². The third kappa shape index (κ3) is 3.60. The molecule has 0 aliphatic carbocycles. The predicted molar refractivity (Wildman–Crippen MR) is 88.3 cm³/mol. The molecular formula is C15H17BrClNS. The lowest BCUT2D eigenvalue weighted by molar-refractivity contribution is 0.486. The minimum Gasteiger partial charge on any atom is -0.309 e. The molecule has 4 heteroatoms. The van der Waals surface area contributed by atoms with Crippen LogP contribution in [-0.2, 0) is 0 Å². The normalized spacial score (nSPS) is 14.3. The fourth-order valence-corrected chi connectivity index (χ4v) is 4.13. The summed E-state index contributed by atoms with van der Waals surface area (Å²) in [5, 5.41) is 3.57. The number of hydrogen-bond acceptors (Lipinski definition) is 2. The molecular weight excluding hydrogens is 342 g/mol. The summed E-state index contributed by atoms with van der Waals surface area (Å²) in [7, 11) is 0. The standard InChI is InChI=1S/C15H17BrClNS/c1-3-18-14(13-9-12(16)15(17)19-13)10(2)11-7-5-4-6-8-11/h4-10,14,18H,3H2,1-2H3. The van der Waals surface area contributed by atoms with Gasteiger partial charge >= 0.3 is 0 Å². The Kier molecular flexibility index (Phi) is 5.46. The molecule has 0 radical (unpaired) electrons. The summed E-state index contributed by atoms with van der Waals surface area (Å²) in [6.45, 7) is 5.33. The van der Waals surface area contributed by atoms with Crippen molar-refractivity contribution in [2.75, 3.05) is 6.54 Å². The van der Waals surface area contributed by atoms with E-state index in [1.165, 1.54) is 10.4 Å². The van der Waals surface area contributed by atoms with Crippen LogP contribution >= 0.6 is 38.9 Å². The second-order valence-corrected chi connectivity index (χ2v) is 7.05. The molecule has 1 aromatic heterocycles. The molecule has 1 heterocycles. The molecule has 2 rings (SSSR count). The van der Waals surface area contributed by atoms with Gasteiger partial charge in [0.2, 0.25) is 0 Å². The maximum atomic E-state index is 6.17. The van der Waals surface area contributed by atoms with Gasteiger partial charge in [0, 0.05) is 21.3 Å². The first-order chi connectivity index (χ1) is 9.13. The third-order valence-corrected chi connectivity index (χ3v) is 5.78. The summed E-state index contributed by atoms with van der Waals surface area (Å²) in [5.41, 5.74) is 1.34. The van der Waals surface area contributed by atoms with Gasteiger partial charge in [-0.1, -0.05) is 55.8 Å². The van der Waals surface area contributed by atoms with Gasteiger partial charge < -0.3 is 5.32 Å². The second kappa shape index (κ2) is 6.89. The van der Waals surface area contributed by atoms with Crippen molar-refractivity contribution >= 4 is 38.9 Å². The van der Waals surface area contributed by atoms with E-state index in [4.69, 9.17) is 11.6 Å². The third-order valence-electron chi connectivity index (χ3n) is 3.22. The Bertz CT molecular complexity index is 507. The predicted octanol–water partition coefficient (Wildman–Crippen LogP) is 5.62. The van der Waals surface area contributed by atoms with Crippen LogP contribution in [0.3, 0.4) is 0 Å². The Hall–Kier alpha value is -0.350. The molecule has 19 heavy (non-hydrogen) atoms. The summed E-state index contributed by atoms with van der Waals surface area (Å²) >= 11 is 11.3. The highest BCUT2D eigenvalue weighted by Gasteiger charge is 2.22. The molecule has 2 unspecified atom stereocenters. The van der Waals surface area contributed by atoms with Gasteiger partial charge in [-0.25, -0.2) is 0 Å². The maximum absolute atomic E-state index is 6.17. The Labute approximate surface area is 132 Å². The van der Waals surface area contributed by atoms with Crippen molar-refractivity contribution in [1.82, 2.24) is 5.32 Å². The van der Waals surface area contributed by atoms with Crippen LogP contribution in [0.5, 0.6) is 0 Å². The van der Waals surface area contributed by atoms with Crippen molar-refractivity contribution < 1.29 is 0 Å². The summed E-state index contributed by atoms with van der Waals surface area (Å²) in [4.78, 5) is 1.27. The smallest absolute Gasteiger partial charge is 0.107 e. The first-order valence-electron chi connectivity index (χ1n) is 6.36. The molecule has 1 aromatic carbocycles. The Morgan fingerprint density at radius 2 is 2.00 bits per heavy atom. The van der Waals surface area contributed by atoms with Crippen LogP contribution in [0.2, 0.25) is 4.34 Å². The lowest BCUT2D eigenvalue weighted by atomic mass is 9.92. The zero-order valence-electron chi connectivity index (χ0n) is 11.0. The van der Waals surface area contributed by atoms with Gasteiger partial charge in [-0.15, -0.1) is 11.3 Å². The molecule has 2 aromatic rings. The van der Waals surface area contributed by atoms with Crippen molar-refractivity contribution in [2.24, 2.45) is 0 Å². The molecule has 0 saturated carbocycles. The minimum atomic E-state index is 0.293. The molecule has 102 valence electrons. The van der Waals surface area contributed by atoms with Crippen molar-refractivity contribution in [3.63, 3.8) is 0 Å². The van der Waals surface area contributed by atoms with Gasteiger partial charge in [-0.05, 0) is 34.1 Å². The molecule has 0 saturated heterocycles. The number of nitrogens with one attached hydrogen (secondary N) is 1. The van der Waals surface area contributed by atoms with E-state index in [0.29, 0.717) is 12.0 Å². The first kappa shape index (κ1) is 15.0. The highest BCUT2D eigenvalue weighted by atomic mass is 79.9. The van der Waals surface area contributed by atoms with Crippen LogP contribution in [0.15, 0.2) is 40.9 Å². The highest BCUT2D eigenvalue weighted by Crippen LogP contribution is 2.40. The summed E-state index contributed by atoms with van der Waals surface area (Å²) in [5.74, 6) is 0.405. The highest BCUT2D eigenvalue weighted by molar-refractivity contribution is 9.10. The Morgan fingerprint density at radius 3 is 2.53 bits per heavy atom. The van der Waals surface area contributed by atoms with Gasteiger partial charge in [0.1, 0.15) is 4.34 Å². The molecule has 2 atom stereocenters. The summed E-state index contributed by atoms with van der Waals surface area (Å²) in [6.07, 6.45) is 0. The Balaban J connectivity index is 2.29. The molecule has 1 N–H and O–H groups in total. The lowest BCUT2D eigenvalue weighted by Gasteiger charge is -2.24. The van der Waals surface area contributed by atoms with Crippen LogP contribution in [0, 0.1) is 0 Å². The van der Waals surface area contributed by atoms with Gasteiger partial charge in [-0.2, -0.15) is 0 Å². The number of benzene rings is 1. The van der Waals surface area contributed by atoms with Gasteiger partial charge in [0.25, 0.3) is 0 Å². The van der Waals surface area contributed by atoms with E-state index in [2.05, 4.69) is 71.5 Å². The zero-order valence-corrected chi connectivity index (χ0v) is 14.1. The van der Waals surface area contributed by atoms with Crippen molar-refractivity contribution in [1.29, 1.82) is 0 Å². The largest absolute Gasteiger partial charge is 0.309 e. The summed E-state index contributed by atoms with van der Waals surface area (Å²) < 4.78 is 1.80. The second-order valence-electron chi connectivity index (χ2n) is 4.51. The average Bonchev–Trinajstić information content (AvgIpc) is 2.76. The van der Waals surface area contributed by atoms with Crippen LogP contribution in [0.1, 0.15) is 36.2 Å². The molecule has 0 amide bonds. The maximum Gasteiger partial charge on any atom is 0.107 e. The van der Waals surface area contributed by atoms with Gasteiger partial charge in [0.05, 0.1) is 0 Å². The van der Waals surface area contributed by atoms with E-state index in [0.717, 1.165) is 15.4 Å². The molecule has 0 spiro atoms. The van der Waals surface area contributed by atoms with Crippen molar-refractivity contribution in [2.45, 2.75) is 25.8 Å². The average molecular weight is 359 g/mol. The molecule has 0 aliphatic heterocycles. The number of rotatable bonds is 5. The van der Waals surface area contributed by atoms with E-state index >= 15 is 0 Å². The Morgan fingerprint density at radius 1 is 1.32 bits per heavy atom. The van der Waals surface area contributed by atoms with E-state index in [9.17, 15) is 0 Å². The monoisotopic (exact) mass is 357 g/mol. The zero-order chi connectivity index (χ0) is 13.8. The fraction of sp³-hybridized carbons (Fsp3) is 0.333. The number of halogens is 2. The number of thiophene rings is 1. The van der Waals surface area contributed by atoms with Gasteiger partial charge in [0.15, 0.2) is 0 Å². The van der Waals surface area contributed by atoms with E-state index < -0.39 is 0 Å². The van der Waals surface area contributed by atoms with Crippen molar-refractivity contribution in [3.05, 3.63) is 55.6 Å². The van der Waals surface area contributed by atoms with Crippen LogP contribution in [0.4, 0.5) is 0 Å². The fourth-order valence-electron chi connectivity index (χ4n) is 2.21. The molecule has 1 nitrogen and oxygen atoms in total. The van der Waals surface area contributed by atoms with Crippen LogP contribution in [0.25, 0.3) is 0 Å². The van der Waals surface area contributed by atoms with Crippen LogP contribution < -0.4 is 5.32 Å². The summed E-state index contributed by atoms with van der Waals surface area (Å²) in [6, 6.07) is 13.0.